The maximum absolute atomic E-state index is 12.5. The van der Waals surface area contributed by atoms with E-state index in [4.69, 9.17) is 17.0 Å². The molecule has 5 nitrogen and oxygen atoms in total. The molecule has 0 unspecified atom stereocenters. The maximum atomic E-state index is 12.5. The van der Waals surface area contributed by atoms with Crippen LogP contribution in [0.25, 0.3) is 6.08 Å². The molecule has 1 N–H and O–H groups in total. The Balaban J connectivity index is 2.03. The molecule has 1 aromatic rings. The van der Waals surface area contributed by atoms with Crippen LogP contribution in [-0.4, -0.2) is 35.0 Å². The second kappa shape index (κ2) is 9.87. The van der Waals surface area contributed by atoms with E-state index in [1.54, 1.807) is 12.2 Å². The Morgan fingerprint density at radius 3 is 2.58 bits per heavy atom. The Bertz CT molecular complexity index is 710. The summed E-state index contributed by atoms with van der Waals surface area (Å²) in [5.41, 5.74) is 0.793. The van der Waals surface area contributed by atoms with Crippen LogP contribution >= 0.6 is 12.2 Å². The molecule has 1 fully saturated rings. The van der Waals surface area contributed by atoms with Gasteiger partial charge in [0.15, 0.2) is 5.11 Å². The first kappa shape index (κ1) is 19.8. The Morgan fingerprint density at radius 2 is 1.92 bits per heavy atom. The molecule has 1 aromatic carbocycles. The minimum Gasteiger partial charge on any atom is -0.494 e. The van der Waals surface area contributed by atoms with Gasteiger partial charge in [-0.3, -0.25) is 19.8 Å². The van der Waals surface area contributed by atoms with Gasteiger partial charge in [0.2, 0.25) is 0 Å². The van der Waals surface area contributed by atoms with Crippen LogP contribution in [0.1, 0.15) is 38.2 Å². The fraction of sp³-hybridized carbons (Fsp3) is 0.350. The zero-order valence-electron chi connectivity index (χ0n) is 15.0. The fourth-order valence-corrected chi connectivity index (χ4v) is 2.78. The molecule has 1 heterocycles. The molecule has 0 spiro atoms. The molecular formula is C20H24N2O3S. The third-order valence-corrected chi connectivity index (χ3v) is 4.28. The van der Waals surface area contributed by atoms with Crippen molar-refractivity contribution in [3.05, 3.63) is 48.1 Å². The van der Waals surface area contributed by atoms with E-state index >= 15 is 0 Å². The molecule has 1 aliphatic heterocycles. The summed E-state index contributed by atoms with van der Waals surface area (Å²) in [5, 5.41) is 2.63. The van der Waals surface area contributed by atoms with Crippen molar-refractivity contribution in [1.29, 1.82) is 0 Å². The lowest BCUT2D eigenvalue weighted by Gasteiger charge is -2.27. The largest absolute Gasteiger partial charge is 0.494 e. The number of ether oxygens (including phenoxy) is 1. The van der Waals surface area contributed by atoms with E-state index in [1.807, 2.05) is 24.3 Å². The van der Waals surface area contributed by atoms with Crippen molar-refractivity contribution < 1.29 is 14.3 Å². The summed E-state index contributed by atoms with van der Waals surface area (Å²) < 4.78 is 5.70. The van der Waals surface area contributed by atoms with Crippen molar-refractivity contribution in [3.8, 4) is 5.75 Å². The van der Waals surface area contributed by atoms with Crippen LogP contribution < -0.4 is 10.1 Å². The van der Waals surface area contributed by atoms with Gasteiger partial charge < -0.3 is 4.74 Å². The number of nitrogens with zero attached hydrogens (tertiary/aromatic N) is 1. The Kier molecular flexibility index (Phi) is 7.53. The van der Waals surface area contributed by atoms with E-state index in [9.17, 15) is 9.59 Å². The summed E-state index contributed by atoms with van der Waals surface area (Å²) in [6.45, 7) is 6.72. The lowest BCUT2D eigenvalue weighted by molar-refractivity contribution is -0.128. The van der Waals surface area contributed by atoms with Crippen LogP contribution in [0.5, 0.6) is 5.75 Å². The molecule has 0 saturated carbocycles. The maximum Gasteiger partial charge on any atom is 0.265 e. The van der Waals surface area contributed by atoms with Crippen molar-refractivity contribution >= 4 is 35.2 Å². The molecule has 138 valence electrons. The third kappa shape index (κ3) is 5.26. The van der Waals surface area contributed by atoms with Gasteiger partial charge in [0, 0.05) is 6.54 Å². The summed E-state index contributed by atoms with van der Waals surface area (Å²) in [4.78, 5) is 25.9. The minimum atomic E-state index is -0.489. The molecule has 1 saturated heterocycles. The molecule has 26 heavy (non-hydrogen) atoms. The number of benzene rings is 1. The molecule has 2 rings (SSSR count). The monoisotopic (exact) mass is 372 g/mol. The SMILES string of the molecule is C=CCN1C(=O)C(=Cc2ccc(OCCCCCC)cc2)C(=O)NC1=S. The topological polar surface area (TPSA) is 58.6 Å². The summed E-state index contributed by atoms with van der Waals surface area (Å²) in [6.07, 6.45) is 7.74. The second-order valence-electron chi connectivity index (χ2n) is 6.00. The molecule has 6 heteroatoms. The zero-order chi connectivity index (χ0) is 18.9. The molecule has 0 aliphatic carbocycles. The van der Waals surface area contributed by atoms with Gasteiger partial charge in [0.1, 0.15) is 11.3 Å². The highest BCUT2D eigenvalue weighted by Crippen LogP contribution is 2.18. The van der Waals surface area contributed by atoms with Crippen molar-refractivity contribution in [1.82, 2.24) is 10.2 Å². The van der Waals surface area contributed by atoms with Crippen LogP contribution in [0.15, 0.2) is 42.5 Å². The average molecular weight is 372 g/mol. The standard InChI is InChI=1S/C20H24N2O3S/c1-3-5-6-7-13-25-16-10-8-15(9-11-16)14-17-18(23)21-20(26)22(12-4-2)19(17)24/h4,8-11,14H,2-3,5-7,12-13H2,1H3,(H,21,23,26). The number of hydrogen-bond acceptors (Lipinski definition) is 4. The highest BCUT2D eigenvalue weighted by Gasteiger charge is 2.32. The van der Waals surface area contributed by atoms with Crippen LogP contribution in [-0.2, 0) is 9.59 Å². The first-order valence-corrected chi connectivity index (χ1v) is 9.20. The van der Waals surface area contributed by atoms with Crippen LogP contribution in [0, 0.1) is 0 Å². The predicted octanol–water partition coefficient (Wildman–Crippen LogP) is 3.46. The Morgan fingerprint density at radius 1 is 1.19 bits per heavy atom. The first-order chi connectivity index (χ1) is 12.6. The van der Waals surface area contributed by atoms with Crippen LogP contribution in [0.4, 0.5) is 0 Å². The number of amides is 2. The van der Waals surface area contributed by atoms with Gasteiger partial charge >= 0.3 is 0 Å². The van der Waals surface area contributed by atoms with Gasteiger partial charge in [0.25, 0.3) is 11.8 Å². The molecule has 2 amide bonds. The van der Waals surface area contributed by atoms with Crippen molar-refractivity contribution in [2.75, 3.05) is 13.2 Å². The van der Waals surface area contributed by atoms with Crippen molar-refractivity contribution in [3.63, 3.8) is 0 Å². The van der Waals surface area contributed by atoms with Crippen LogP contribution in [0.3, 0.4) is 0 Å². The van der Waals surface area contributed by atoms with Crippen LogP contribution in [0.2, 0.25) is 0 Å². The van der Waals surface area contributed by atoms with Crippen molar-refractivity contribution in [2.45, 2.75) is 32.6 Å². The average Bonchev–Trinajstić information content (AvgIpc) is 2.63. The van der Waals surface area contributed by atoms with E-state index < -0.39 is 11.8 Å². The van der Waals surface area contributed by atoms with Gasteiger partial charge in [-0.1, -0.05) is 44.4 Å². The second-order valence-corrected chi connectivity index (χ2v) is 6.39. The van der Waals surface area contributed by atoms with Gasteiger partial charge in [-0.25, -0.2) is 0 Å². The summed E-state index contributed by atoms with van der Waals surface area (Å²) in [7, 11) is 0. The summed E-state index contributed by atoms with van der Waals surface area (Å²) >= 11 is 5.03. The Labute approximate surface area is 159 Å². The van der Waals surface area contributed by atoms with Gasteiger partial charge in [-0.15, -0.1) is 6.58 Å². The number of carbonyl (C=O) groups excluding carboxylic acids is 2. The van der Waals surface area contributed by atoms with E-state index in [2.05, 4.69) is 18.8 Å². The molecule has 0 bridgehead atoms. The van der Waals surface area contributed by atoms with Gasteiger partial charge in [-0.2, -0.15) is 0 Å². The summed E-state index contributed by atoms with van der Waals surface area (Å²) in [5.74, 6) is -0.135. The number of hydrogen-bond donors (Lipinski definition) is 1. The third-order valence-electron chi connectivity index (χ3n) is 3.96. The lowest BCUT2D eigenvalue weighted by Crippen LogP contribution is -2.53. The van der Waals surface area contributed by atoms with E-state index in [0.717, 1.165) is 17.7 Å². The Hall–Kier alpha value is -2.47. The zero-order valence-corrected chi connectivity index (χ0v) is 15.8. The number of thiocarbonyl (C=S) groups is 1. The first-order valence-electron chi connectivity index (χ1n) is 8.79. The fourth-order valence-electron chi connectivity index (χ4n) is 2.53. The van der Waals surface area contributed by atoms with E-state index in [-0.39, 0.29) is 17.2 Å². The van der Waals surface area contributed by atoms with E-state index in [0.29, 0.717) is 6.61 Å². The quantitative estimate of drug-likeness (QED) is 0.237. The molecule has 0 aromatic heterocycles. The molecule has 0 atom stereocenters. The van der Waals surface area contributed by atoms with Gasteiger partial charge in [-0.05, 0) is 42.4 Å². The molecule has 0 radical (unpaired) electrons. The van der Waals surface area contributed by atoms with E-state index in [1.165, 1.54) is 24.2 Å². The van der Waals surface area contributed by atoms with Gasteiger partial charge in [0.05, 0.1) is 6.61 Å². The number of nitrogens with one attached hydrogen (secondary N) is 1. The highest BCUT2D eigenvalue weighted by molar-refractivity contribution is 7.80. The number of unbranched alkanes of at least 4 members (excludes halogenated alkanes) is 3. The number of carbonyl (C=O) groups is 2. The number of rotatable bonds is 9. The normalized spacial score (nSPS) is 16.0. The minimum absolute atomic E-state index is 0.0497. The summed E-state index contributed by atoms with van der Waals surface area (Å²) in [6, 6.07) is 7.31. The highest BCUT2D eigenvalue weighted by atomic mass is 32.1. The molecular weight excluding hydrogens is 348 g/mol. The smallest absolute Gasteiger partial charge is 0.265 e. The lowest BCUT2D eigenvalue weighted by atomic mass is 10.1. The molecule has 1 aliphatic rings. The predicted molar refractivity (Wildman–Crippen MR) is 107 cm³/mol. The van der Waals surface area contributed by atoms with Crippen molar-refractivity contribution in [2.24, 2.45) is 0 Å².